The van der Waals surface area contributed by atoms with E-state index in [1.165, 1.54) is 11.8 Å². The maximum Gasteiger partial charge on any atom is 0.303 e. The van der Waals surface area contributed by atoms with Crippen molar-refractivity contribution in [2.24, 2.45) is 0 Å². The number of rotatable bonds is 8. The zero-order valence-corrected chi connectivity index (χ0v) is 19.1. The molecule has 0 unspecified atom stereocenters. The summed E-state index contributed by atoms with van der Waals surface area (Å²) in [6.45, 7) is 4.19. The number of phenols is 1. The standard InChI is InChI=1S/C23H24N2O4S2/c1-14-11-16(12-15(2)21(14)28)18-8-6-7-17(24-18)13-19-22(29)25(23(30)31-19)10-5-3-4-9-20(26)27/h6-8,11-13,28H,3-5,9-10H2,1-2H3,(H,26,27). The van der Waals surface area contributed by atoms with Gasteiger partial charge in [-0.25, -0.2) is 4.98 Å². The van der Waals surface area contributed by atoms with E-state index >= 15 is 0 Å². The molecule has 0 aliphatic carbocycles. The smallest absolute Gasteiger partial charge is 0.303 e. The summed E-state index contributed by atoms with van der Waals surface area (Å²) in [5.41, 5.74) is 3.88. The number of carboxylic acid groups (broad SMARTS) is 1. The quantitative estimate of drug-likeness (QED) is 0.331. The van der Waals surface area contributed by atoms with Crippen molar-refractivity contribution >= 4 is 46.3 Å². The van der Waals surface area contributed by atoms with Gasteiger partial charge in [0.25, 0.3) is 5.91 Å². The van der Waals surface area contributed by atoms with Crippen molar-refractivity contribution in [2.75, 3.05) is 6.54 Å². The van der Waals surface area contributed by atoms with Gasteiger partial charge < -0.3 is 10.2 Å². The van der Waals surface area contributed by atoms with Gasteiger partial charge in [-0.15, -0.1) is 0 Å². The van der Waals surface area contributed by atoms with Crippen molar-refractivity contribution in [1.29, 1.82) is 0 Å². The Labute approximate surface area is 191 Å². The monoisotopic (exact) mass is 456 g/mol. The molecule has 2 heterocycles. The van der Waals surface area contributed by atoms with Crippen molar-refractivity contribution in [3.8, 4) is 17.0 Å². The predicted molar refractivity (Wildman–Crippen MR) is 127 cm³/mol. The Bertz CT molecular complexity index is 1040. The number of aromatic hydroxyl groups is 1. The summed E-state index contributed by atoms with van der Waals surface area (Å²) in [6, 6.07) is 9.39. The molecular weight excluding hydrogens is 432 g/mol. The first kappa shape index (κ1) is 23.0. The van der Waals surface area contributed by atoms with Gasteiger partial charge in [0, 0.05) is 18.5 Å². The minimum absolute atomic E-state index is 0.139. The topological polar surface area (TPSA) is 90.7 Å². The van der Waals surface area contributed by atoms with Crippen LogP contribution in [0.25, 0.3) is 17.3 Å². The molecule has 2 aromatic rings. The molecule has 31 heavy (non-hydrogen) atoms. The largest absolute Gasteiger partial charge is 0.507 e. The highest BCUT2D eigenvalue weighted by Gasteiger charge is 2.31. The Hall–Kier alpha value is -2.71. The van der Waals surface area contributed by atoms with Gasteiger partial charge in [0.1, 0.15) is 10.1 Å². The highest BCUT2D eigenvalue weighted by Crippen LogP contribution is 2.33. The average Bonchev–Trinajstić information content (AvgIpc) is 2.98. The molecule has 0 atom stereocenters. The molecule has 162 valence electrons. The Kier molecular flexibility index (Phi) is 7.46. The van der Waals surface area contributed by atoms with E-state index < -0.39 is 5.97 Å². The predicted octanol–water partition coefficient (Wildman–Crippen LogP) is 4.92. The molecule has 1 aliphatic heterocycles. The van der Waals surface area contributed by atoms with Crippen molar-refractivity contribution in [3.63, 3.8) is 0 Å². The maximum atomic E-state index is 12.8. The van der Waals surface area contributed by atoms with Crippen LogP contribution in [0.1, 0.15) is 42.5 Å². The zero-order chi connectivity index (χ0) is 22.5. The summed E-state index contributed by atoms with van der Waals surface area (Å²) in [7, 11) is 0. The summed E-state index contributed by atoms with van der Waals surface area (Å²) in [4.78, 5) is 30.1. The average molecular weight is 457 g/mol. The number of carbonyl (C=O) groups excluding carboxylic acids is 1. The van der Waals surface area contributed by atoms with Crippen LogP contribution in [-0.4, -0.2) is 42.8 Å². The van der Waals surface area contributed by atoms with Crippen LogP contribution in [0.15, 0.2) is 35.2 Å². The van der Waals surface area contributed by atoms with Crippen LogP contribution >= 0.6 is 24.0 Å². The van der Waals surface area contributed by atoms with Crippen LogP contribution < -0.4 is 0 Å². The van der Waals surface area contributed by atoms with E-state index in [-0.39, 0.29) is 18.1 Å². The van der Waals surface area contributed by atoms with Crippen molar-refractivity contribution in [2.45, 2.75) is 39.5 Å². The molecule has 0 spiro atoms. The number of thiocarbonyl (C=S) groups is 1. The Morgan fingerprint density at radius 3 is 2.58 bits per heavy atom. The van der Waals surface area contributed by atoms with Crippen LogP contribution in [0.5, 0.6) is 5.75 Å². The third kappa shape index (κ3) is 5.71. The first-order valence-electron chi connectivity index (χ1n) is 10.0. The SMILES string of the molecule is Cc1cc(-c2cccc(C=C3SC(=S)N(CCCCCC(=O)O)C3=O)n2)cc(C)c1O. The van der Waals surface area contributed by atoms with Crippen LogP contribution in [0.2, 0.25) is 0 Å². The molecule has 1 aliphatic rings. The lowest BCUT2D eigenvalue weighted by Gasteiger charge is -2.13. The van der Waals surface area contributed by atoms with E-state index in [1.54, 1.807) is 11.0 Å². The number of thioether (sulfide) groups is 1. The third-order valence-corrected chi connectivity index (χ3v) is 6.36. The number of phenolic OH excluding ortho intramolecular Hbond substituents is 1. The van der Waals surface area contributed by atoms with Gasteiger partial charge in [0.05, 0.1) is 16.3 Å². The summed E-state index contributed by atoms with van der Waals surface area (Å²) < 4.78 is 0.510. The second-order valence-corrected chi connectivity index (χ2v) is 9.12. The molecule has 0 saturated carbocycles. The first-order chi connectivity index (χ1) is 14.8. The van der Waals surface area contributed by atoms with Gasteiger partial charge in [0.15, 0.2) is 0 Å². The lowest BCUT2D eigenvalue weighted by atomic mass is 10.0. The number of amides is 1. The van der Waals surface area contributed by atoms with E-state index in [9.17, 15) is 14.7 Å². The minimum atomic E-state index is -0.805. The molecule has 3 rings (SSSR count). The highest BCUT2D eigenvalue weighted by molar-refractivity contribution is 8.26. The van der Waals surface area contributed by atoms with Gasteiger partial charge in [0.2, 0.25) is 0 Å². The highest BCUT2D eigenvalue weighted by atomic mass is 32.2. The molecular formula is C23H24N2O4S2. The number of aromatic nitrogens is 1. The lowest BCUT2D eigenvalue weighted by molar-refractivity contribution is -0.137. The number of pyridine rings is 1. The second kappa shape index (κ2) is 10.1. The number of benzene rings is 1. The number of hydrogen-bond donors (Lipinski definition) is 2. The van der Waals surface area contributed by atoms with Gasteiger partial charge in [-0.1, -0.05) is 36.5 Å². The molecule has 0 bridgehead atoms. The summed E-state index contributed by atoms with van der Waals surface area (Å²) in [6.07, 6.45) is 3.92. The summed E-state index contributed by atoms with van der Waals surface area (Å²) in [5.74, 6) is -0.663. The third-order valence-electron chi connectivity index (χ3n) is 4.98. The maximum absolute atomic E-state index is 12.8. The second-order valence-electron chi connectivity index (χ2n) is 7.44. The normalized spacial score (nSPS) is 15.2. The molecule has 1 amide bonds. The molecule has 2 N–H and O–H groups in total. The fourth-order valence-electron chi connectivity index (χ4n) is 3.35. The van der Waals surface area contributed by atoms with E-state index in [4.69, 9.17) is 17.3 Å². The van der Waals surface area contributed by atoms with Crippen LogP contribution in [-0.2, 0) is 9.59 Å². The van der Waals surface area contributed by atoms with E-state index in [0.29, 0.717) is 34.3 Å². The van der Waals surface area contributed by atoms with Crippen molar-refractivity contribution in [1.82, 2.24) is 9.88 Å². The number of hydrogen-bond acceptors (Lipinski definition) is 6. The number of carbonyl (C=O) groups is 2. The fourth-order valence-corrected chi connectivity index (χ4v) is 4.64. The molecule has 8 heteroatoms. The molecule has 1 fully saturated rings. The number of aryl methyl sites for hydroxylation is 2. The number of unbranched alkanes of at least 4 members (excludes halogenated alkanes) is 2. The van der Waals surface area contributed by atoms with Gasteiger partial charge >= 0.3 is 5.97 Å². The van der Waals surface area contributed by atoms with E-state index in [2.05, 4.69) is 4.98 Å². The number of aliphatic carboxylic acids is 1. The van der Waals surface area contributed by atoms with Gasteiger partial charge in [-0.2, -0.15) is 0 Å². The van der Waals surface area contributed by atoms with Gasteiger partial charge in [-0.05, 0) is 68.2 Å². The first-order valence-corrected chi connectivity index (χ1v) is 11.2. The number of carboxylic acids is 1. The molecule has 0 radical (unpaired) electrons. The molecule has 6 nitrogen and oxygen atoms in total. The Morgan fingerprint density at radius 2 is 1.90 bits per heavy atom. The Balaban J connectivity index is 1.72. The lowest BCUT2D eigenvalue weighted by Crippen LogP contribution is -2.29. The van der Waals surface area contributed by atoms with Crippen molar-refractivity contribution in [3.05, 3.63) is 52.1 Å². The van der Waals surface area contributed by atoms with E-state index in [1.807, 2.05) is 44.2 Å². The number of nitrogens with zero attached hydrogens (tertiary/aromatic N) is 2. The van der Waals surface area contributed by atoms with Crippen LogP contribution in [0, 0.1) is 13.8 Å². The van der Waals surface area contributed by atoms with Crippen LogP contribution in [0.3, 0.4) is 0 Å². The summed E-state index contributed by atoms with van der Waals surface area (Å²) >= 11 is 6.62. The molecule has 1 aromatic heterocycles. The Morgan fingerprint density at radius 1 is 1.19 bits per heavy atom. The zero-order valence-electron chi connectivity index (χ0n) is 17.4. The molecule has 1 aromatic carbocycles. The summed E-state index contributed by atoms with van der Waals surface area (Å²) in [5, 5.41) is 18.7. The van der Waals surface area contributed by atoms with Crippen LogP contribution in [0.4, 0.5) is 0 Å². The minimum Gasteiger partial charge on any atom is -0.507 e. The fraction of sp³-hybridized carbons (Fsp3) is 0.304. The van der Waals surface area contributed by atoms with E-state index in [0.717, 1.165) is 28.8 Å². The van der Waals surface area contributed by atoms with Gasteiger partial charge in [-0.3, -0.25) is 14.5 Å². The molecule has 1 saturated heterocycles. The van der Waals surface area contributed by atoms with Crippen molar-refractivity contribution < 1.29 is 19.8 Å².